The van der Waals surface area contributed by atoms with Gasteiger partial charge in [-0.15, -0.1) is 0 Å². The highest BCUT2D eigenvalue weighted by atomic mass is 16.6. The quantitative estimate of drug-likeness (QED) is 0.668. The molecule has 0 aliphatic rings. The van der Waals surface area contributed by atoms with Crippen molar-refractivity contribution in [3.8, 4) is 0 Å². The largest absolute Gasteiger partial charge is 0.481 e. The molecule has 0 aromatic heterocycles. The van der Waals surface area contributed by atoms with Crippen molar-refractivity contribution in [1.82, 2.24) is 0 Å². The van der Waals surface area contributed by atoms with Crippen LogP contribution >= 0.6 is 0 Å². The third kappa shape index (κ3) is 7.93. The summed E-state index contributed by atoms with van der Waals surface area (Å²) in [5, 5.41) is 8.39. The van der Waals surface area contributed by atoms with Crippen LogP contribution in [0, 0.1) is 0 Å². The number of carboxylic acid groups (broad SMARTS) is 1. The molecule has 0 radical (unpaired) electrons. The Hall–Kier alpha value is -1.10. The van der Waals surface area contributed by atoms with Crippen LogP contribution in [-0.2, 0) is 14.3 Å². The van der Waals surface area contributed by atoms with Gasteiger partial charge in [0.25, 0.3) is 0 Å². The van der Waals surface area contributed by atoms with Crippen LogP contribution in [0.3, 0.4) is 0 Å². The summed E-state index contributed by atoms with van der Waals surface area (Å²) in [4.78, 5) is 21.6. The van der Waals surface area contributed by atoms with E-state index in [1.165, 1.54) is 0 Å². The number of rotatable bonds is 5. The van der Waals surface area contributed by atoms with Gasteiger partial charge in [-0.1, -0.05) is 0 Å². The molecule has 0 spiro atoms. The molecule has 0 aliphatic carbocycles. The van der Waals surface area contributed by atoms with E-state index in [0.29, 0.717) is 12.8 Å². The summed E-state index contributed by atoms with van der Waals surface area (Å²) in [6.45, 7) is 5.28. The minimum atomic E-state index is -0.883. The number of carbonyl (C=O) groups excluding carboxylic acids is 1. The van der Waals surface area contributed by atoms with Crippen LogP contribution in [0.4, 0.5) is 0 Å². The lowest BCUT2D eigenvalue weighted by Crippen LogP contribution is -2.37. The lowest BCUT2D eigenvalue weighted by atomic mass is 10.1. The van der Waals surface area contributed by atoms with E-state index in [1.54, 1.807) is 20.8 Å². The SMILES string of the molecule is CC(C)(C)OC(=O)[C@H](N)CCCC(=O)O. The van der Waals surface area contributed by atoms with Gasteiger partial charge in [-0.3, -0.25) is 9.59 Å². The van der Waals surface area contributed by atoms with Crippen molar-refractivity contribution in [2.45, 2.75) is 51.7 Å². The predicted molar refractivity (Wildman–Crippen MR) is 55.3 cm³/mol. The average molecular weight is 217 g/mol. The number of aliphatic carboxylic acids is 1. The molecule has 5 nitrogen and oxygen atoms in total. The van der Waals surface area contributed by atoms with Crippen LogP contribution in [0.5, 0.6) is 0 Å². The lowest BCUT2D eigenvalue weighted by Gasteiger charge is -2.22. The van der Waals surface area contributed by atoms with Crippen molar-refractivity contribution in [2.24, 2.45) is 5.73 Å². The topological polar surface area (TPSA) is 89.6 Å². The number of hydrogen-bond acceptors (Lipinski definition) is 4. The minimum Gasteiger partial charge on any atom is -0.481 e. The highest BCUT2D eigenvalue weighted by Crippen LogP contribution is 2.10. The molecule has 0 bridgehead atoms. The molecule has 0 amide bonds. The Balaban J connectivity index is 3.85. The Morgan fingerprint density at radius 3 is 2.33 bits per heavy atom. The van der Waals surface area contributed by atoms with Crippen molar-refractivity contribution in [2.75, 3.05) is 0 Å². The Labute approximate surface area is 89.6 Å². The van der Waals surface area contributed by atoms with Gasteiger partial charge in [-0.05, 0) is 33.6 Å². The first kappa shape index (κ1) is 13.9. The fraction of sp³-hybridized carbons (Fsp3) is 0.800. The van der Waals surface area contributed by atoms with E-state index in [9.17, 15) is 9.59 Å². The van der Waals surface area contributed by atoms with E-state index in [2.05, 4.69) is 0 Å². The van der Waals surface area contributed by atoms with E-state index in [-0.39, 0.29) is 6.42 Å². The summed E-state index contributed by atoms with van der Waals surface area (Å²) >= 11 is 0. The van der Waals surface area contributed by atoms with E-state index < -0.39 is 23.6 Å². The summed E-state index contributed by atoms with van der Waals surface area (Å²) in [6, 6.07) is -0.733. The molecule has 0 saturated heterocycles. The second-order valence-electron chi connectivity index (χ2n) is 4.43. The first-order valence-electron chi connectivity index (χ1n) is 4.92. The Kier molecular flexibility index (Phi) is 5.28. The molecule has 0 saturated carbocycles. The molecular formula is C10H19NO4. The van der Waals surface area contributed by atoms with Crippen LogP contribution in [-0.4, -0.2) is 28.7 Å². The number of carbonyl (C=O) groups is 2. The van der Waals surface area contributed by atoms with Crippen LogP contribution in [0.15, 0.2) is 0 Å². The van der Waals surface area contributed by atoms with E-state index >= 15 is 0 Å². The van der Waals surface area contributed by atoms with Crippen molar-refractivity contribution >= 4 is 11.9 Å². The molecule has 1 atom stereocenters. The fourth-order valence-corrected chi connectivity index (χ4v) is 0.969. The molecule has 0 unspecified atom stereocenters. The van der Waals surface area contributed by atoms with Gasteiger partial charge >= 0.3 is 11.9 Å². The average Bonchev–Trinajstić information content (AvgIpc) is 1.99. The van der Waals surface area contributed by atoms with Gasteiger partial charge in [-0.25, -0.2) is 0 Å². The summed E-state index contributed by atoms with van der Waals surface area (Å²) in [6.07, 6.45) is 0.744. The molecule has 15 heavy (non-hydrogen) atoms. The van der Waals surface area contributed by atoms with Gasteiger partial charge in [0.1, 0.15) is 11.6 Å². The van der Waals surface area contributed by atoms with Crippen LogP contribution in [0.1, 0.15) is 40.0 Å². The van der Waals surface area contributed by atoms with Gasteiger partial charge in [-0.2, -0.15) is 0 Å². The molecular weight excluding hydrogens is 198 g/mol. The van der Waals surface area contributed by atoms with Crippen molar-refractivity contribution in [3.05, 3.63) is 0 Å². The number of ether oxygens (including phenoxy) is 1. The van der Waals surface area contributed by atoms with Crippen LogP contribution in [0.25, 0.3) is 0 Å². The van der Waals surface area contributed by atoms with Gasteiger partial charge < -0.3 is 15.6 Å². The summed E-state index contributed by atoms with van der Waals surface area (Å²) < 4.78 is 5.05. The Morgan fingerprint density at radius 1 is 1.40 bits per heavy atom. The maximum Gasteiger partial charge on any atom is 0.323 e. The van der Waals surface area contributed by atoms with E-state index in [4.69, 9.17) is 15.6 Å². The molecule has 0 heterocycles. The molecule has 0 aromatic carbocycles. The van der Waals surface area contributed by atoms with E-state index in [1.807, 2.05) is 0 Å². The van der Waals surface area contributed by atoms with Crippen molar-refractivity contribution in [1.29, 1.82) is 0 Å². The second-order valence-corrected chi connectivity index (χ2v) is 4.43. The molecule has 88 valence electrons. The first-order chi connectivity index (χ1) is 6.72. The molecule has 3 N–H and O–H groups in total. The first-order valence-corrected chi connectivity index (χ1v) is 4.92. The summed E-state index contributed by atoms with van der Waals surface area (Å²) in [5.41, 5.74) is 4.99. The second kappa shape index (κ2) is 5.70. The maximum atomic E-state index is 11.3. The number of nitrogens with two attached hydrogens (primary N) is 1. The Bertz CT molecular complexity index is 232. The normalized spacial score (nSPS) is 13.3. The molecule has 0 aromatic rings. The van der Waals surface area contributed by atoms with Crippen molar-refractivity contribution in [3.63, 3.8) is 0 Å². The predicted octanol–water partition coefficient (Wildman–Crippen LogP) is 0.910. The fourth-order valence-electron chi connectivity index (χ4n) is 0.969. The van der Waals surface area contributed by atoms with Crippen LogP contribution in [0.2, 0.25) is 0 Å². The van der Waals surface area contributed by atoms with Gasteiger partial charge in [0, 0.05) is 6.42 Å². The molecule has 5 heteroatoms. The Morgan fingerprint density at radius 2 is 1.93 bits per heavy atom. The zero-order valence-electron chi connectivity index (χ0n) is 9.45. The van der Waals surface area contributed by atoms with Gasteiger partial charge in [0.15, 0.2) is 0 Å². The smallest absolute Gasteiger partial charge is 0.323 e. The van der Waals surface area contributed by atoms with Crippen LogP contribution < -0.4 is 5.73 Å². The highest BCUT2D eigenvalue weighted by molar-refractivity contribution is 5.76. The summed E-state index contributed by atoms with van der Waals surface area (Å²) in [5.74, 6) is -1.36. The number of esters is 1. The maximum absolute atomic E-state index is 11.3. The standard InChI is InChI=1S/C10H19NO4/c1-10(2,3)15-9(14)7(11)5-4-6-8(12)13/h7H,4-6,11H2,1-3H3,(H,12,13)/t7-/m1/s1. The van der Waals surface area contributed by atoms with Gasteiger partial charge in [0.2, 0.25) is 0 Å². The van der Waals surface area contributed by atoms with E-state index in [0.717, 1.165) is 0 Å². The number of hydrogen-bond donors (Lipinski definition) is 2. The van der Waals surface area contributed by atoms with Gasteiger partial charge in [0.05, 0.1) is 0 Å². The molecule has 0 aliphatic heterocycles. The third-order valence-electron chi connectivity index (χ3n) is 1.62. The minimum absolute atomic E-state index is 0.0243. The highest BCUT2D eigenvalue weighted by Gasteiger charge is 2.21. The lowest BCUT2D eigenvalue weighted by molar-refractivity contribution is -0.156. The molecule has 0 fully saturated rings. The zero-order valence-corrected chi connectivity index (χ0v) is 9.45. The molecule has 0 rings (SSSR count). The third-order valence-corrected chi connectivity index (χ3v) is 1.62. The zero-order chi connectivity index (χ0) is 12.1. The summed E-state index contributed by atoms with van der Waals surface area (Å²) in [7, 11) is 0. The number of carboxylic acids is 1. The monoisotopic (exact) mass is 217 g/mol. The van der Waals surface area contributed by atoms with Crippen molar-refractivity contribution < 1.29 is 19.4 Å².